The second-order valence-corrected chi connectivity index (χ2v) is 1.94. The van der Waals surface area contributed by atoms with Crippen LogP contribution in [0.4, 0.5) is 0 Å². The minimum atomic E-state index is 0.424. The Morgan fingerprint density at radius 1 is 1.33 bits per heavy atom. The molecule has 0 saturated carbocycles. The molecule has 0 heterocycles. The summed E-state index contributed by atoms with van der Waals surface area (Å²) in [5, 5.41) is 0. The third-order valence-corrected chi connectivity index (χ3v) is 0.635. The summed E-state index contributed by atoms with van der Waals surface area (Å²) in [4.78, 5) is 0. The Hall–Kier alpha value is -0.740. The Labute approximate surface area is 55.4 Å². The average molecular weight is 130 g/mol. The van der Waals surface area contributed by atoms with E-state index in [1.165, 1.54) is 0 Å². The van der Waals surface area contributed by atoms with Crippen LogP contribution in [-0.4, -0.2) is 6.04 Å². The van der Waals surface area contributed by atoms with Gasteiger partial charge >= 0.3 is 0 Å². The number of hydrogen-bond donors (Lipinski definition) is 4. The summed E-state index contributed by atoms with van der Waals surface area (Å²) in [5.41, 5.74) is 8.12. The largest absolute Gasteiger partial charge is 0.330 e. The van der Waals surface area contributed by atoms with Crippen molar-refractivity contribution in [2.24, 2.45) is 5.84 Å². The molecule has 4 nitrogen and oxygen atoms in total. The van der Waals surface area contributed by atoms with Crippen LogP contribution in [-0.2, 0) is 0 Å². The third-order valence-electron chi connectivity index (χ3n) is 0.635. The van der Waals surface area contributed by atoms with Gasteiger partial charge in [0.05, 0.1) is 0 Å². The highest BCUT2D eigenvalue weighted by Gasteiger charge is 1.83. The van der Waals surface area contributed by atoms with E-state index in [-0.39, 0.29) is 0 Å². The predicted molar refractivity (Wildman–Crippen MR) is 37.9 cm³/mol. The molecular formula is C5H14N4. The number of hydrazine groups is 2. The van der Waals surface area contributed by atoms with Crippen molar-refractivity contribution in [3.63, 3.8) is 0 Å². The first-order valence-electron chi connectivity index (χ1n) is 2.89. The van der Waals surface area contributed by atoms with Gasteiger partial charge in [0, 0.05) is 18.4 Å². The molecule has 0 aliphatic rings. The van der Waals surface area contributed by atoms with Crippen LogP contribution < -0.4 is 22.1 Å². The Morgan fingerprint density at radius 2 is 2.00 bits per heavy atom. The van der Waals surface area contributed by atoms with E-state index in [1.807, 2.05) is 13.8 Å². The molecule has 54 valence electrons. The van der Waals surface area contributed by atoms with E-state index in [4.69, 9.17) is 5.84 Å². The number of rotatable bonds is 4. The maximum atomic E-state index is 4.94. The van der Waals surface area contributed by atoms with Crippen molar-refractivity contribution in [1.82, 2.24) is 16.3 Å². The Balaban J connectivity index is 2.99. The van der Waals surface area contributed by atoms with Crippen LogP contribution in [0.1, 0.15) is 13.8 Å². The molecule has 0 atom stereocenters. The number of nitrogens with one attached hydrogen (secondary N) is 3. The zero-order chi connectivity index (χ0) is 7.11. The quantitative estimate of drug-likeness (QED) is 0.304. The first-order chi connectivity index (χ1) is 4.27. The van der Waals surface area contributed by atoms with Crippen molar-refractivity contribution >= 4 is 0 Å². The predicted octanol–water partition coefficient (Wildman–Crippen LogP) is -0.576. The fraction of sp³-hybridized carbons (Fsp3) is 0.600. The molecule has 0 bridgehead atoms. The maximum absolute atomic E-state index is 4.94. The molecular weight excluding hydrogens is 116 g/mol. The fourth-order valence-electron chi connectivity index (χ4n) is 0.305. The first kappa shape index (κ1) is 8.26. The van der Waals surface area contributed by atoms with Crippen molar-refractivity contribution in [3.05, 3.63) is 12.4 Å². The molecule has 0 aliphatic carbocycles. The van der Waals surface area contributed by atoms with Gasteiger partial charge in [0.1, 0.15) is 0 Å². The Bertz CT molecular complexity index is 79.0. The second kappa shape index (κ2) is 5.40. The summed E-state index contributed by atoms with van der Waals surface area (Å²) < 4.78 is 0. The standard InChI is InChI=1S/C5H14N4/c1-5(2)9-8-4-3-7-6/h3-5,7-9H,6H2,1-2H3. The van der Waals surface area contributed by atoms with E-state index in [2.05, 4.69) is 16.3 Å². The van der Waals surface area contributed by atoms with Crippen LogP contribution in [0.2, 0.25) is 0 Å². The van der Waals surface area contributed by atoms with Gasteiger partial charge in [-0.15, -0.1) is 0 Å². The lowest BCUT2D eigenvalue weighted by Crippen LogP contribution is -2.33. The van der Waals surface area contributed by atoms with E-state index in [0.717, 1.165) is 0 Å². The molecule has 4 heteroatoms. The van der Waals surface area contributed by atoms with Gasteiger partial charge in [-0.25, -0.2) is 5.43 Å². The average Bonchev–Trinajstić information content (AvgIpc) is 1.80. The highest BCUT2D eigenvalue weighted by atomic mass is 15.4. The van der Waals surface area contributed by atoms with Crippen LogP contribution in [0.15, 0.2) is 12.4 Å². The van der Waals surface area contributed by atoms with Gasteiger partial charge in [0.15, 0.2) is 0 Å². The highest BCUT2D eigenvalue weighted by Crippen LogP contribution is 1.69. The summed E-state index contributed by atoms with van der Waals surface area (Å²) >= 11 is 0. The molecule has 0 amide bonds. The fourth-order valence-corrected chi connectivity index (χ4v) is 0.305. The van der Waals surface area contributed by atoms with Gasteiger partial charge in [-0.05, 0) is 13.8 Å². The lowest BCUT2D eigenvalue weighted by molar-refractivity contribution is 0.537. The van der Waals surface area contributed by atoms with Crippen LogP contribution in [0, 0.1) is 0 Å². The van der Waals surface area contributed by atoms with Gasteiger partial charge in [-0.2, -0.15) is 0 Å². The molecule has 0 unspecified atom stereocenters. The van der Waals surface area contributed by atoms with E-state index >= 15 is 0 Å². The molecule has 5 N–H and O–H groups in total. The van der Waals surface area contributed by atoms with E-state index in [1.54, 1.807) is 12.4 Å². The summed E-state index contributed by atoms with van der Waals surface area (Å²) in [5.74, 6) is 4.94. The molecule has 0 spiro atoms. The van der Waals surface area contributed by atoms with Crippen molar-refractivity contribution in [2.45, 2.75) is 19.9 Å². The van der Waals surface area contributed by atoms with E-state index < -0.39 is 0 Å². The second-order valence-electron chi connectivity index (χ2n) is 1.94. The summed E-state index contributed by atoms with van der Waals surface area (Å²) in [6.45, 7) is 4.08. The van der Waals surface area contributed by atoms with Crippen molar-refractivity contribution < 1.29 is 0 Å². The van der Waals surface area contributed by atoms with E-state index in [9.17, 15) is 0 Å². The molecule has 0 saturated heterocycles. The van der Waals surface area contributed by atoms with E-state index in [0.29, 0.717) is 6.04 Å². The van der Waals surface area contributed by atoms with Crippen molar-refractivity contribution in [1.29, 1.82) is 0 Å². The molecule has 0 aliphatic heterocycles. The molecule has 0 aromatic carbocycles. The number of hydrogen-bond acceptors (Lipinski definition) is 4. The lowest BCUT2D eigenvalue weighted by Gasteiger charge is -2.05. The van der Waals surface area contributed by atoms with Crippen LogP contribution >= 0.6 is 0 Å². The lowest BCUT2D eigenvalue weighted by atomic mass is 10.4. The monoisotopic (exact) mass is 130 g/mol. The Kier molecular flexibility index (Phi) is 4.95. The topological polar surface area (TPSA) is 62.1 Å². The smallest absolute Gasteiger partial charge is 0.0297 e. The third kappa shape index (κ3) is 7.26. The van der Waals surface area contributed by atoms with Gasteiger partial charge in [-0.3, -0.25) is 5.84 Å². The normalized spacial score (nSPS) is 10.7. The minimum Gasteiger partial charge on any atom is -0.330 e. The minimum absolute atomic E-state index is 0.424. The van der Waals surface area contributed by atoms with Gasteiger partial charge in [-0.1, -0.05) is 0 Å². The molecule has 0 aromatic heterocycles. The molecule has 0 fully saturated rings. The highest BCUT2D eigenvalue weighted by molar-refractivity contribution is 4.72. The zero-order valence-electron chi connectivity index (χ0n) is 5.81. The zero-order valence-corrected chi connectivity index (χ0v) is 5.81. The summed E-state index contributed by atoms with van der Waals surface area (Å²) in [7, 11) is 0. The van der Waals surface area contributed by atoms with Gasteiger partial charge in [0.25, 0.3) is 0 Å². The van der Waals surface area contributed by atoms with Crippen molar-refractivity contribution in [2.75, 3.05) is 0 Å². The molecule has 0 radical (unpaired) electrons. The summed E-state index contributed by atoms with van der Waals surface area (Å²) in [6, 6.07) is 0.424. The Morgan fingerprint density at radius 3 is 2.44 bits per heavy atom. The maximum Gasteiger partial charge on any atom is 0.0297 e. The van der Waals surface area contributed by atoms with Crippen LogP contribution in [0.25, 0.3) is 0 Å². The summed E-state index contributed by atoms with van der Waals surface area (Å²) in [6.07, 6.45) is 3.27. The van der Waals surface area contributed by atoms with Crippen LogP contribution in [0.3, 0.4) is 0 Å². The molecule has 0 aromatic rings. The number of nitrogens with two attached hydrogens (primary N) is 1. The SMILES string of the molecule is CC(C)NNC=CNN. The van der Waals surface area contributed by atoms with Gasteiger partial charge in [0.2, 0.25) is 0 Å². The molecule has 9 heavy (non-hydrogen) atoms. The molecule has 0 rings (SSSR count). The first-order valence-corrected chi connectivity index (χ1v) is 2.89. The van der Waals surface area contributed by atoms with Crippen LogP contribution in [0.5, 0.6) is 0 Å². The van der Waals surface area contributed by atoms with Gasteiger partial charge < -0.3 is 10.9 Å². The van der Waals surface area contributed by atoms with Crippen molar-refractivity contribution in [3.8, 4) is 0 Å².